The standard InChI is InChI=1S/C32H48F2O2/c1-3-5-6-7-23-10-18-28(19-11-23)36-22-24-8-12-25(13-9-24)26-14-16-27(17-15-26)29-20-21-30(35-4-2)32(34)31(29)33/h3,5,20-21,23-28H,4,6-19,22H2,1-2H3/b5-3+. The highest BCUT2D eigenvalue weighted by molar-refractivity contribution is 5.33. The molecule has 36 heavy (non-hydrogen) atoms. The van der Waals surface area contributed by atoms with E-state index in [1.807, 2.05) is 0 Å². The lowest BCUT2D eigenvalue weighted by Crippen LogP contribution is -2.29. The van der Waals surface area contributed by atoms with E-state index in [-0.39, 0.29) is 11.7 Å². The van der Waals surface area contributed by atoms with Crippen molar-refractivity contribution >= 4 is 0 Å². The van der Waals surface area contributed by atoms with E-state index in [9.17, 15) is 8.78 Å². The molecule has 0 heterocycles. The number of rotatable bonds is 10. The van der Waals surface area contributed by atoms with E-state index in [0.717, 1.165) is 56.0 Å². The molecule has 3 saturated carbocycles. The van der Waals surface area contributed by atoms with Crippen LogP contribution in [0.15, 0.2) is 24.3 Å². The van der Waals surface area contributed by atoms with Crippen LogP contribution in [0.25, 0.3) is 0 Å². The van der Waals surface area contributed by atoms with Crippen LogP contribution in [-0.2, 0) is 4.74 Å². The molecule has 0 aromatic heterocycles. The van der Waals surface area contributed by atoms with Gasteiger partial charge in [-0.1, -0.05) is 18.2 Å². The summed E-state index contributed by atoms with van der Waals surface area (Å²) in [6.07, 6.45) is 22.1. The van der Waals surface area contributed by atoms with Crippen molar-refractivity contribution in [3.63, 3.8) is 0 Å². The molecule has 0 saturated heterocycles. The van der Waals surface area contributed by atoms with E-state index >= 15 is 0 Å². The van der Waals surface area contributed by atoms with Crippen molar-refractivity contribution in [2.75, 3.05) is 13.2 Å². The third-order valence-electron chi connectivity index (χ3n) is 9.49. The molecule has 0 spiro atoms. The fraction of sp³-hybridized carbons (Fsp3) is 0.750. The van der Waals surface area contributed by atoms with Crippen molar-refractivity contribution in [1.29, 1.82) is 0 Å². The van der Waals surface area contributed by atoms with Gasteiger partial charge in [-0.15, -0.1) is 0 Å². The normalized spacial score (nSPS) is 31.6. The SMILES string of the molecule is C/C=C/CCC1CCC(OCC2CCC(C3CCC(c4ccc(OCC)c(F)c4F)CC3)CC2)CC1. The summed E-state index contributed by atoms with van der Waals surface area (Å²) in [5.74, 6) is 1.81. The lowest BCUT2D eigenvalue weighted by atomic mass is 9.68. The van der Waals surface area contributed by atoms with E-state index in [1.54, 1.807) is 19.1 Å². The molecule has 4 heteroatoms. The number of hydrogen-bond donors (Lipinski definition) is 0. The smallest absolute Gasteiger partial charge is 0.200 e. The first kappa shape index (κ1) is 27.6. The lowest BCUT2D eigenvalue weighted by Gasteiger charge is -2.38. The van der Waals surface area contributed by atoms with Gasteiger partial charge in [0, 0.05) is 6.61 Å². The Labute approximate surface area is 218 Å². The van der Waals surface area contributed by atoms with Crippen molar-refractivity contribution < 1.29 is 18.3 Å². The summed E-state index contributed by atoms with van der Waals surface area (Å²) in [7, 11) is 0. The molecule has 0 amide bonds. The third-order valence-corrected chi connectivity index (χ3v) is 9.49. The number of allylic oxidation sites excluding steroid dienone is 2. The number of benzene rings is 1. The van der Waals surface area contributed by atoms with Gasteiger partial charge < -0.3 is 9.47 Å². The second kappa shape index (κ2) is 13.9. The van der Waals surface area contributed by atoms with Crippen molar-refractivity contribution in [3.05, 3.63) is 41.5 Å². The van der Waals surface area contributed by atoms with Crippen molar-refractivity contribution in [3.8, 4) is 5.75 Å². The molecule has 3 aliphatic rings. The minimum atomic E-state index is -0.825. The maximum Gasteiger partial charge on any atom is 0.200 e. The zero-order valence-corrected chi connectivity index (χ0v) is 22.7. The Kier molecular flexibility index (Phi) is 10.7. The molecule has 1 aromatic rings. The van der Waals surface area contributed by atoms with Gasteiger partial charge in [-0.05, 0) is 145 Å². The summed E-state index contributed by atoms with van der Waals surface area (Å²) in [6.45, 7) is 5.19. The van der Waals surface area contributed by atoms with Crippen LogP contribution in [0.3, 0.4) is 0 Å². The fourth-order valence-electron chi connectivity index (χ4n) is 7.21. The minimum absolute atomic E-state index is 0.0286. The summed E-state index contributed by atoms with van der Waals surface area (Å²) in [4.78, 5) is 0. The molecule has 0 unspecified atom stereocenters. The first-order valence-electron chi connectivity index (χ1n) is 14.9. The average Bonchev–Trinajstić information content (AvgIpc) is 2.92. The van der Waals surface area contributed by atoms with Crippen molar-refractivity contribution in [2.45, 2.75) is 116 Å². The average molecular weight is 503 g/mol. The Hall–Kier alpha value is -1.42. The second-order valence-electron chi connectivity index (χ2n) is 11.7. The first-order chi connectivity index (χ1) is 17.6. The summed E-state index contributed by atoms with van der Waals surface area (Å²) in [5.41, 5.74) is 0.544. The number of hydrogen-bond acceptors (Lipinski definition) is 2. The van der Waals surface area contributed by atoms with Gasteiger partial charge in [0.25, 0.3) is 0 Å². The zero-order chi connectivity index (χ0) is 25.3. The molecule has 1 aromatic carbocycles. The van der Waals surface area contributed by atoms with Crippen molar-refractivity contribution in [1.82, 2.24) is 0 Å². The highest BCUT2D eigenvalue weighted by Gasteiger charge is 2.33. The van der Waals surface area contributed by atoms with Crippen molar-refractivity contribution in [2.24, 2.45) is 23.7 Å². The summed E-state index contributed by atoms with van der Waals surface area (Å²) < 4.78 is 40.6. The molecule has 0 bridgehead atoms. The fourth-order valence-corrected chi connectivity index (χ4v) is 7.21. The van der Waals surface area contributed by atoms with Gasteiger partial charge in [0.2, 0.25) is 5.82 Å². The van der Waals surface area contributed by atoms with Gasteiger partial charge in [-0.25, -0.2) is 4.39 Å². The molecular weight excluding hydrogens is 454 g/mol. The Morgan fingerprint density at radius 3 is 2.08 bits per heavy atom. The topological polar surface area (TPSA) is 18.5 Å². The second-order valence-corrected chi connectivity index (χ2v) is 11.7. The molecule has 0 radical (unpaired) electrons. The van der Waals surface area contributed by atoms with Crippen LogP contribution in [-0.4, -0.2) is 19.3 Å². The van der Waals surface area contributed by atoms with Gasteiger partial charge in [-0.3, -0.25) is 0 Å². The highest BCUT2D eigenvalue weighted by Crippen LogP contribution is 2.45. The molecule has 3 fully saturated rings. The first-order valence-corrected chi connectivity index (χ1v) is 14.9. The van der Waals surface area contributed by atoms with Crippen LogP contribution in [0.1, 0.15) is 115 Å². The summed E-state index contributed by atoms with van der Waals surface area (Å²) in [6, 6.07) is 3.35. The van der Waals surface area contributed by atoms with Gasteiger partial charge >= 0.3 is 0 Å². The van der Waals surface area contributed by atoms with Gasteiger partial charge in [0.1, 0.15) is 0 Å². The quantitative estimate of drug-likeness (QED) is 0.297. The van der Waals surface area contributed by atoms with Crippen LogP contribution < -0.4 is 4.74 Å². The van der Waals surface area contributed by atoms with E-state index in [4.69, 9.17) is 9.47 Å². The van der Waals surface area contributed by atoms with Gasteiger partial charge in [0.05, 0.1) is 12.7 Å². The predicted molar refractivity (Wildman–Crippen MR) is 143 cm³/mol. The van der Waals surface area contributed by atoms with Crippen LogP contribution in [0.5, 0.6) is 5.75 Å². The van der Waals surface area contributed by atoms with E-state index < -0.39 is 11.6 Å². The molecule has 0 atom stereocenters. The number of halogens is 2. The van der Waals surface area contributed by atoms with Gasteiger partial charge in [0.15, 0.2) is 11.6 Å². The summed E-state index contributed by atoms with van der Waals surface area (Å²) >= 11 is 0. The molecule has 4 rings (SSSR count). The van der Waals surface area contributed by atoms with Crippen LogP contribution in [0, 0.1) is 35.3 Å². The Balaban J connectivity index is 1.14. The Bertz CT molecular complexity index is 814. The Morgan fingerprint density at radius 1 is 0.806 bits per heavy atom. The van der Waals surface area contributed by atoms with E-state index in [0.29, 0.717) is 18.3 Å². The monoisotopic (exact) mass is 502 g/mol. The minimum Gasteiger partial charge on any atom is -0.491 e. The predicted octanol–water partition coefficient (Wildman–Crippen LogP) is 9.38. The molecule has 3 aliphatic carbocycles. The maximum absolute atomic E-state index is 14.7. The Morgan fingerprint density at radius 2 is 1.44 bits per heavy atom. The summed E-state index contributed by atoms with van der Waals surface area (Å²) in [5, 5.41) is 0. The molecule has 202 valence electrons. The van der Waals surface area contributed by atoms with E-state index in [1.165, 1.54) is 64.2 Å². The van der Waals surface area contributed by atoms with Crippen LogP contribution in [0.4, 0.5) is 8.78 Å². The largest absolute Gasteiger partial charge is 0.491 e. The molecule has 0 aliphatic heterocycles. The molecular formula is C32H48F2O2. The number of ether oxygens (including phenoxy) is 2. The lowest BCUT2D eigenvalue weighted by molar-refractivity contribution is -0.0126. The highest BCUT2D eigenvalue weighted by atomic mass is 19.2. The zero-order valence-electron chi connectivity index (χ0n) is 22.7. The third kappa shape index (κ3) is 7.33. The van der Waals surface area contributed by atoms with Gasteiger partial charge in [-0.2, -0.15) is 4.39 Å². The molecule has 2 nitrogen and oxygen atoms in total. The van der Waals surface area contributed by atoms with Crippen LogP contribution >= 0.6 is 0 Å². The maximum atomic E-state index is 14.7. The molecule has 0 N–H and O–H groups in total. The van der Waals surface area contributed by atoms with E-state index in [2.05, 4.69) is 19.1 Å². The van der Waals surface area contributed by atoms with Crippen LogP contribution in [0.2, 0.25) is 0 Å².